The Morgan fingerprint density at radius 1 is 1.30 bits per heavy atom. The van der Waals surface area contributed by atoms with E-state index in [1.807, 2.05) is 37.3 Å². The molecule has 0 radical (unpaired) electrons. The molecule has 0 aliphatic rings. The number of nitrogen functional groups attached to an aromatic ring is 1. The number of nitrogens with one attached hydrogen (secondary N) is 1. The molecule has 7 nitrogen and oxygen atoms in total. The monoisotopic (exact) mass is 273 g/mol. The predicted octanol–water partition coefficient (Wildman–Crippen LogP) is 2.45. The normalized spacial score (nSPS) is 11.9. The highest BCUT2D eigenvalue weighted by atomic mass is 16.6. The lowest BCUT2D eigenvalue weighted by Gasteiger charge is -2.15. The van der Waals surface area contributed by atoms with Crippen LogP contribution >= 0.6 is 0 Å². The van der Waals surface area contributed by atoms with Gasteiger partial charge in [0.2, 0.25) is 11.8 Å². The van der Waals surface area contributed by atoms with Crippen LogP contribution in [0.5, 0.6) is 0 Å². The van der Waals surface area contributed by atoms with E-state index in [1.165, 1.54) is 6.92 Å². The second-order valence-electron chi connectivity index (χ2n) is 4.40. The zero-order valence-corrected chi connectivity index (χ0v) is 11.2. The molecule has 0 aliphatic heterocycles. The second-order valence-corrected chi connectivity index (χ2v) is 4.40. The van der Waals surface area contributed by atoms with Gasteiger partial charge in [-0.05, 0) is 19.4 Å². The number of hydrogen-bond donors (Lipinski definition) is 2. The number of nitro groups is 1. The second kappa shape index (κ2) is 5.52. The van der Waals surface area contributed by atoms with Gasteiger partial charge in [0.05, 0.1) is 11.0 Å². The fraction of sp³-hybridized carbons (Fsp3) is 0.231. The molecule has 1 heterocycles. The molecule has 1 aromatic heterocycles. The summed E-state index contributed by atoms with van der Waals surface area (Å²) in [6, 6.07) is 9.44. The highest BCUT2D eigenvalue weighted by molar-refractivity contribution is 5.61. The van der Waals surface area contributed by atoms with Gasteiger partial charge >= 0.3 is 5.69 Å². The molecule has 1 atom stereocenters. The van der Waals surface area contributed by atoms with Crippen LogP contribution in [0.25, 0.3) is 0 Å². The number of aryl methyl sites for hydroxylation is 1. The van der Waals surface area contributed by atoms with E-state index in [1.54, 1.807) is 0 Å². The maximum Gasteiger partial charge on any atom is 0.332 e. The third-order valence-corrected chi connectivity index (χ3v) is 2.91. The Morgan fingerprint density at radius 3 is 2.55 bits per heavy atom. The summed E-state index contributed by atoms with van der Waals surface area (Å²) in [6.07, 6.45) is 0. The lowest BCUT2D eigenvalue weighted by molar-refractivity contribution is -0.385. The summed E-state index contributed by atoms with van der Waals surface area (Å²) in [7, 11) is 0. The largest absolute Gasteiger partial charge is 0.368 e. The first kappa shape index (κ1) is 13.7. The lowest BCUT2D eigenvalue weighted by Crippen LogP contribution is -2.12. The number of benzene rings is 1. The van der Waals surface area contributed by atoms with E-state index in [2.05, 4.69) is 15.3 Å². The fourth-order valence-electron chi connectivity index (χ4n) is 1.94. The van der Waals surface area contributed by atoms with E-state index < -0.39 is 4.92 Å². The molecule has 1 aromatic carbocycles. The zero-order valence-electron chi connectivity index (χ0n) is 11.2. The first-order valence-electron chi connectivity index (χ1n) is 6.09. The molecule has 3 N–H and O–H groups in total. The summed E-state index contributed by atoms with van der Waals surface area (Å²) in [5, 5.41) is 14.1. The lowest BCUT2D eigenvalue weighted by atomic mass is 10.1. The van der Waals surface area contributed by atoms with Crippen LogP contribution in [0.2, 0.25) is 0 Å². The van der Waals surface area contributed by atoms with Gasteiger partial charge in [-0.3, -0.25) is 10.1 Å². The highest BCUT2D eigenvalue weighted by Crippen LogP contribution is 2.28. The first-order chi connectivity index (χ1) is 9.49. The van der Waals surface area contributed by atoms with Gasteiger partial charge in [-0.25, -0.2) is 4.98 Å². The summed E-state index contributed by atoms with van der Waals surface area (Å²) < 4.78 is 0. The van der Waals surface area contributed by atoms with E-state index in [0.717, 1.165) is 5.56 Å². The molecule has 0 amide bonds. The molecular weight excluding hydrogens is 258 g/mol. The summed E-state index contributed by atoms with van der Waals surface area (Å²) in [5.74, 6) is 0.146. The SMILES string of the molecule is Cc1nc(N)nc(NC(C)c2ccccc2)c1[N+](=O)[O-]. The van der Waals surface area contributed by atoms with Crippen LogP contribution in [0.3, 0.4) is 0 Å². The van der Waals surface area contributed by atoms with Gasteiger partial charge in [0, 0.05) is 0 Å². The van der Waals surface area contributed by atoms with Crippen LogP contribution in [-0.4, -0.2) is 14.9 Å². The molecule has 0 saturated heterocycles. The van der Waals surface area contributed by atoms with Gasteiger partial charge in [-0.1, -0.05) is 30.3 Å². The zero-order chi connectivity index (χ0) is 14.7. The van der Waals surface area contributed by atoms with Crippen LogP contribution in [0.1, 0.15) is 24.2 Å². The molecule has 0 spiro atoms. The highest BCUT2D eigenvalue weighted by Gasteiger charge is 2.22. The standard InChI is InChI=1S/C13H15N5O2/c1-8(10-6-4-3-5-7-10)15-12-11(18(19)20)9(2)16-13(14)17-12/h3-8H,1-2H3,(H3,14,15,16,17). The minimum Gasteiger partial charge on any atom is -0.368 e. The third-order valence-electron chi connectivity index (χ3n) is 2.91. The van der Waals surface area contributed by atoms with Crippen molar-refractivity contribution in [1.29, 1.82) is 0 Å². The number of nitrogens with two attached hydrogens (primary N) is 1. The first-order valence-corrected chi connectivity index (χ1v) is 6.09. The molecule has 1 unspecified atom stereocenters. The van der Waals surface area contributed by atoms with Gasteiger partial charge in [0.15, 0.2) is 0 Å². The Labute approximate surface area is 116 Å². The van der Waals surface area contributed by atoms with Crippen molar-refractivity contribution in [3.8, 4) is 0 Å². The number of anilines is 2. The molecule has 0 fully saturated rings. The van der Waals surface area contributed by atoms with Crippen LogP contribution in [0.4, 0.5) is 17.5 Å². The Hall–Kier alpha value is -2.70. The van der Waals surface area contributed by atoms with Gasteiger partial charge < -0.3 is 11.1 Å². The molecule has 20 heavy (non-hydrogen) atoms. The molecule has 2 aromatic rings. The maximum absolute atomic E-state index is 11.1. The van der Waals surface area contributed by atoms with Crippen LogP contribution in [0.15, 0.2) is 30.3 Å². The van der Waals surface area contributed by atoms with Crippen LogP contribution < -0.4 is 11.1 Å². The fourth-order valence-corrected chi connectivity index (χ4v) is 1.94. The third kappa shape index (κ3) is 2.82. The summed E-state index contributed by atoms with van der Waals surface area (Å²) >= 11 is 0. The van der Waals surface area contributed by atoms with Crippen molar-refractivity contribution in [2.75, 3.05) is 11.1 Å². The van der Waals surface area contributed by atoms with Crippen molar-refractivity contribution in [1.82, 2.24) is 9.97 Å². The number of hydrogen-bond acceptors (Lipinski definition) is 6. The topological polar surface area (TPSA) is 107 Å². The Morgan fingerprint density at radius 2 is 1.95 bits per heavy atom. The molecule has 104 valence electrons. The van der Waals surface area contributed by atoms with Crippen molar-refractivity contribution in [3.05, 3.63) is 51.7 Å². The van der Waals surface area contributed by atoms with E-state index in [0.29, 0.717) is 0 Å². The minimum absolute atomic E-state index is 0.0101. The smallest absolute Gasteiger partial charge is 0.332 e. The average molecular weight is 273 g/mol. The number of rotatable bonds is 4. The van der Waals surface area contributed by atoms with Crippen LogP contribution in [0, 0.1) is 17.0 Å². The van der Waals surface area contributed by atoms with Crippen molar-refractivity contribution in [3.63, 3.8) is 0 Å². The average Bonchev–Trinajstić information content (AvgIpc) is 2.38. The predicted molar refractivity (Wildman–Crippen MR) is 76.3 cm³/mol. The summed E-state index contributed by atoms with van der Waals surface area (Å²) in [6.45, 7) is 3.43. The molecule has 0 aliphatic carbocycles. The Balaban J connectivity index is 2.36. The molecule has 0 bridgehead atoms. The molecule has 7 heteroatoms. The van der Waals surface area contributed by atoms with E-state index >= 15 is 0 Å². The van der Waals surface area contributed by atoms with Crippen molar-refractivity contribution in [2.24, 2.45) is 0 Å². The number of nitrogens with zero attached hydrogens (tertiary/aromatic N) is 3. The Bertz CT molecular complexity index is 630. The molecular formula is C13H15N5O2. The van der Waals surface area contributed by atoms with Crippen molar-refractivity contribution < 1.29 is 4.92 Å². The Kier molecular flexibility index (Phi) is 3.79. The van der Waals surface area contributed by atoms with Gasteiger partial charge in [0.1, 0.15) is 5.69 Å². The minimum atomic E-state index is -0.505. The van der Waals surface area contributed by atoms with E-state index in [9.17, 15) is 10.1 Å². The summed E-state index contributed by atoms with van der Waals surface area (Å²) in [4.78, 5) is 18.4. The van der Waals surface area contributed by atoms with E-state index in [-0.39, 0.29) is 29.2 Å². The summed E-state index contributed by atoms with van der Waals surface area (Å²) in [5.41, 5.74) is 6.64. The van der Waals surface area contributed by atoms with Gasteiger partial charge in [-0.2, -0.15) is 4.98 Å². The molecule has 0 saturated carbocycles. The maximum atomic E-state index is 11.1. The van der Waals surface area contributed by atoms with Crippen LogP contribution in [-0.2, 0) is 0 Å². The quantitative estimate of drug-likeness (QED) is 0.654. The van der Waals surface area contributed by atoms with Crippen molar-refractivity contribution in [2.45, 2.75) is 19.9 Å². The van der Waals surface area contributed by atoms with E-state index in [4.69, 9.17) is 5.73 Å². The van der Waals surface area contributed by atoms with Gasteiger partial charge in [-0.15, -0.1) is 0 Å². The number of aromatic nitrogens is 2. The molecule has 2 rings (SSSR count). The van der Waals surface area contributed by atoms with Gasteiger partial charge in [0.25, 0.3) is 0 Å². The van der Waals surface area contributed by atoms with Crippen molar-refractivity contribution >= 4 is 17.5 Å².